The predicted octanol–water partition coefficient (Wildman–Crippen LogP) is 0.0147. The Kier molecular flexibility index (Phi) is 4.33. The molecule has 1 fully saturated rings. The van der Waals surface area contributed by atoms with Crippen LogP contribution in [0.5, 0.6) is 0 Å². The molecular weight excluding hydrogens is 250 g/mol. The van der Waals surface area contributed by atoms with Crippen LogP contribution in [-0.4, -0.2) is 30.9 Å². The van der Waals surface area contributed by atoms with Crippen molar-refractivity contribution in [1.82, 2.24) is 16.0 Å². The van der Waals surface area contributed by atoms with Crippen LogP contribution >= 0.6 is 11.3 Å². The summed E-state index contributed by atoms with van der Waals surface area (Å²) in [5, 5.41) is 10.5. The highest BCUT2D eigenvalue weighted by molar-refractivity contribution is 7.10. The normalized spacial score (nSPS) is 19.4. The molecule has 2 heterocycles. The summed E-state index contributed by atoms with van der Waals surface area (Å²) >= 11 is 1.66. The van der Waals surface area contributed by atoms with E-state index >= 15 is 0 Å². The minimum absolute atomic E-state index is 0.0643. The van der Waals surface area contributed by atoms with Gasteiger partial charge in [0, 0.05) is 11.4 Å². The molecule has 1 aliphatic heterocycles. The Morgan fingerprint density at radius 2 is 2.44 bits per heavy atom. The Balaban J connectivity index is 1.83. The summed E-state index contributed by atoms with van der Waals surface area (Å²) in [5.74, 6) is -0.129. The van der Waals surface area contributed by atoms with Gasteiger partial charge in [-0.3, -0.25) is 14.9 Å². The highest BCUT2D eigenvalue weighted by atomic mass is 32.1. The van der Waals surface area contributed by atoms with Crippen LogP contribution in [0, 0.1) is 0 Å². The molecule has 1 atom stereocenters. The Bertz CT molecular complexity index is 434. The lowest BCUT2D eigenvalue weighted by atomic mass is 10.2. The van der Waals surface area contributed by atoms with Crippen molar-refractivity contribution in [3.05, 3.63) is 21.9 Å². The molecule has 1 unspecified atom stereocenters. The van der Waals surface area contributed by atoms with Crippen LogP contribution < -0.4 is 16.0 Å². The van der Waals surface area contributed by atoms with Gasteiger partial charge in [0.15, 0.2) is 0 Å². The van der Waals surface area contributed by atoms with Gasteiger partial charge in [0.05, 0.1) is 13.1 Å². The van der Waals surface area contributed by atoms with E-state index < -0.39 is 0 Å². The van der Waals surface area contributed by atoms with Gasteiger partial charge >= 0.3 is 0 Å². The SMILES string of the molecule is CCc1ccsc1CNC(=O)C1CNC(=O)CN1. The van der Waals surface area contributed by atoms with Gasteiger partial charge in [-0.15, -0.1) is 11.3 Å². The molecule has 1 aliphatic rings. The lowest BCUT2D eigenvalue weighted by molar-refractivity contribution is -0.126. The van der Waals surface area contributed by atoms with E-state index in [0.29, 0.717) is 13.1 Å². The summed E-state index contributed by atoms with van der Waals surface area (Å²) in [6.07, 6.45) is 0.979. The molecule has 2 rings (SSSR count). The van der Waals surface area contributed by atoms with E-state index in [4.69, 9.17) is 0 Å². The van der Waals surface area contributed by atoms with E-state index in [1.54, 1.807) is 11.3 Å². The molecule has 5 nitrogen and oxygen atoms in total. The number of thiophene rings is 1. The smallest absolute Gasteiger partial charge is 0.239 e. The maximum absolute atomic E-state index is 11.9. The highest BCUT2D eigenvalue weighted by Gasteiger charge is 2.23. The van der Waals surface area contributed by atoms with Crippen molar-refractivity contribution in [1.29, 1.82) is 0 Å². The topological polar surface area (TPSA) is 70.2 Å². The number of carbonyl (C=O) groups is 2. The molecule has 2 amide bonds. The summed E-state index contributed by atoms with van der Waals surface area (Å²) in [6, 6.07) is 1.76. The number of carbonyl (C=O) groups excluding carboxylic acids is 2. The first-order chi connectivity index (χ1) is 8.70. The van der Waals surface area contributed by atoms with Gasteiger partial charge in [-0.05, 0) is 23.4 Å². The molecule has 0 radical (unpaired) electrons. The maximum atomic E-state index is 11.9. The standard InChI is InChI=1S/C12H17N3O2S/c1-2-8-3-4-18-10(8)6-15-12(17)9-5-14-11(16)7-13-9/h3-4,9,13H,2,5-7H2,1H3,(H,14,16)(H,15,17). The van der Waals surface area contributed by atoms with E-state index in [0.717, 1.165) is 6.42 Å². The third kappa shape index (κ3) is 3.08. The van der Waals surface area contributed by atoms with Crippen LogP contribution in [0.3, 0.4) is 0 Å². The fourth-order valence-corrected chi connectivity index (χ4v) is 2.80. The highest BCUT2D eigenvalue weighted by Crippen LogP contribution is 2.16. The second-order valence-electron chi connectivity index (χ2n) is 4.18. The quantitative estimate of drug-likeness (QED) is 0.720. The lowest BCUT2D eigenvalue weighted by Gasteiger charge is -2.23. The average Bonchev–Trinajstić information content (AvgIpc) is 2.84. The maximum Gasteiger partial charge on any atom is 0.239 e. The monoisotopic (exact) mass is 267 g/mol. The number of rotatable bonds is 4. The third-order valence-electron chi connectivity index (χ3n) is 2.97. The summed E-state index contributed by atoms with van der Waals surface area (Å²) in [4.78, 5) is 24.0. The van der Waals surface area contributed by atoms with Crippen molar-refractivity contribution in [3.63, 3.8) is 0 Å². The molecule has 0 aromatic carbocycles. The van der Waals surface area contributed by atoms with Gasteiger partial charge in [0.1, 0.15) is 6.04 Å². The molecule has 18 heavy (non-hydrogen) atoms. The number of amides is 2. The second-order valence-corrected chi connectivity index (χ2v) is 5.18. The zero-order valence-electron chi connectivity index (χ0n) is 10.3. The first-order valence-corrected chi connectivity index (χ1v) is 6.91. The van der Waals surface area contributed by atoms with Gasteiger partial charge in [0.2, 0.25) is 11.8 Å². The summed E-state index contributed by atoms with van der Waals surface area (Å²) < 4.78 is 0. The average molecular weight is 267 g/mol. The fraction of sp³-hybridized carbons (Fsp3) is 0.500. The van der Waals surface area contributed by atoms with E-state index in [2.05, 4.69) is 28.9 Å². The Hall–Kier alpha value is -1.40. The molecule has 1 aromatic rings. The van der Waals surface area contributed by atoms with Crippen LogP contribution in [0.25, 0.3) is 0 Å². The van der Waals surface area contributed by atoms with Gasteiger partial charge in [0.25, 0.3) is 0 Å². The third-order valence-corrected chi connectivity index (χ3v) is 3.93. The van der Waals surface area contributed by atoms with Crippen LogP contribution in [0.15, 0.2) is 11.4 Å². The van der Waals surface area contributed by atoms with E-state index in [1.807, 2.05) is 5.38 Å². The zero-order chi connectivity index (χ0) is 13.0. The van der Waals surface area contributed by atoms with Crippen LogP contribution in [-0.2, 0) is 22.6 Å². The first-order valence-electron chi connectivity index (χ1n) is 6.03. The minimum Gasteiger partial charge on any atom is -0.353 e. The van der Waals surface area contributed by atoms with Crippen molar-refractivity contribution in [2.45, 2.75) is 25.9 Å². The molecule has 98 valence electrons. The lowest BCUT2D eigenvalue weighted by Crippen LogP contribution is -2.57. The van der Waals surface area contributed by atoms with Gasteiger partial charge in [-0.1, -0.05) is 6.92 Å². The van der Waals surface area contributed by atoms with Crippen LogP contribution in [0.1, 0.15) is 17.4 Å². The predicted molar refractivity (Wildman–Crippen MR) is 70.3 cm³/mol. The number of hydrogen-bond acceptors (Lipinski definition) is 4. The molecule has 1 aromatic heterocycles. The Morgan fingerprint density at radius 1 is 1.61 bits per heavy atom. The first kappa shape index (κ1) is 13.0. The number of hydrogen-bond donors (Lipinski definition) is 3. The molecule has 0 saturated carbocycles. The fourth-order valence-electron chi connectivity index (χ4n) is 1.88. The molecule has 1 saturated heterocycles. The Labute approximate surface area is 110 Å². The molecular formula is C12H17N3O2S. The van der Waals surface area contributed by atoms with Crippen molar-refractivity contribution >= 4 is 23.2 Å². The molecule has 0 bridgehead atoms. The van der Waals surface area contributed by atoms with Crippen molar-refractivity contribution in [2.75, 3.05) is 13.1 Å². The number of aryl methyl sites for hydroxylation is 1. The number of nitrogens with one attached hydrogen (secondary N) is 3. The van der Waals surface area contributed by atoms with Gasteiger partial charge in [-0.25, -0.2) is 0 Å². The van der Waals surface area contributed by atoms with Crippen molar-refractivity contribution in [2.24, 2.45) is 0 Å². The minimum atomic E-state index is -0.326. The van der Waals surface area contributed by atoms with Gasteiger partial charge in [-0.2, -0.15) is 0 Å². The van der Waals surface area contributed by atoms with Crippen LogP contribution in [0.4, 0.5) is 0 Å². The molecule has 3 N–H and O–H groups in total. The zero-order valence-corrected chi connectivity index (χ0v) is 11.1. The second kappa shape index (κ2) is 5.97. The van der Waals surface area contributed by atoms with Crippen molar-refractivity contribution in [3.8, 4) is 0 Å². The summed E-state index contributed by atoms with van der Waals surface area (Å²) in [7, 11) is 0. The van der Waals surface area contributed by atoms with Gasteiger partial charge < -0.3 is 10.6 Å². The van der Waals surface area contributed by atoms with Crippen LogP contribution in [0.2, 0.25) is 0 Å². The largest absolute Gasteiger partial charge is 0.353 e. The van der Waals surface area contributed by atoms with E-state index in [9.17, 15) is 9.59 Å². The molecule has 0 aliphatic carbocycles. The summed E-state index contributed by atoms with van der Waals surface area (Å²) in [6.45, 7) is 3.23. The van der Waals surface area contributed by atoms with E-state index in [1.165, 1.54) is 10.4 Å². The Morgan fingerprint density at radius 3 is 3.11 bits per heavy atom. The molecule has 6 heteroatoms. The summed E-state index contributed by atoms with van der Waals surface area (Å²) in [5.41, 5.74) is 1.28. The number of piperazine rings is 1. The van der Waals surface area contributed by atoms with Crippen molar-refractivity contribution < 1.29 is 9.59 Å². The van der Waals surface area contributed by atoms with E-state index in [-0.39, 0.29) is 24.4 Å². The molecule has 0 spiro atoms.